The smallest absolute Gasteiger partial charge is 0.303 e. The summed E-state index contributed by atoms with van der Waals surface area (Å²) in [6, 6.07) is 2.83. The maximum absolute atomic E-state index is 12.9. The van der Waals surface area contributed by atoms with Gasteiger partial charge in [0, 0.05) is 12.6 Å². The van der Waals surface area contributed by atoms with Crippen LogP contribution in [0.4, 0.5) is 4.39 Å². The Balaban J connectivity index is 2.45. The van der Waals surface area contributed by atoms with E-state index in [9.17, 15) is 9.18 Å². The zero-order valence-electron chi connectivity index (χ0n) is 7.03. The Kier molecular flexibility index (Phi) is 3.37. The zero-order valence-corrected chi connectivity index (χ0v) is 7.03. The van der Waals surface area contributed by atoms with E-state index in [0.717, 1.165) is 0 Å². The number of halogens is 1. The predicted molar refractivity (Wildman–Crippen MR) is 44.8 cm³/mol. The van der Waals surface area contributed by atoms with Crippen molar-refractivity contribution < 1.29 is 14.3 Å². The largest absolute Gasteiger partial charge is 0.481 e. The van der Waals surface area contributed by atoms with Crippen molar-refractivity contribution >= 4 is 5.97 Å². The van der Waals surface area contributed by atoms with E-state index in [2.05, 4.69) is 4.98 Å². The van der Waals surface area contributed by atoms with Gasteiger partial charge in [-0.25, -0.2) is 4.39 Å². The summed E-state index contributed by atoms with van der Waals surface area (Å²) in [7, 11) is 0. The second kappa shape index (κ2) is 4.54. The Hall–Kier alpha value is -1.45. The van der Waals surface area contributed by atoms with Gasteiger partial charge in [-0.1, -0.05) is 0 Å². The SMILES string of the molecule is O=C(O)CCCc1ncccc1F. The summed E-state index contributed by atoms with van der Waals surface area (Å²) in [6.07, 6.45) is 2.34. The molecule has 4 heteroatoms. The lowest BCUT2D eigenvalue weighted by molar-refractivity contribution is -0.137. The van der Waals surface area contributed by atoms with Gasteiger partial charge in [-0.3, -0.25) is 9.78 Å². The van der Waals surface area contributed by atoms with Crippen molar-refractivity contribution in [1.29, 1.82) is 0 Å². The van der Waals surface area contributed by atoms with Crippen molar-refractivity contribution in [3.8, 4) is 0 Å². The quantitative estimate of drug-likeness (QED) is 0.771. The molecule has 0 spiro atoms. The van der Waals surface area contributed by atoms with E-state index in [4.69, 9.17) is 5.11 Å². The standard InChI is InChI=1S/C9H10FNO2/c10-7-3-2-6-11-8(7)4-1-5-9(12)13/h2-3,6H,1,4-5H2,(H,12,13). The van der Waals surface area contributed by atoms with Crippen molar-refractivity contribution in [2.24, 2.45) is 0 Å². The summed E-state index contributed by atoms with van der Waals surface area (Å²) >= 11 is 0. The number of pyridine rings is 1. The molecule has 0 saturated heterocycles. The Morgan fingerprint density at radius 3 is 3.00 bits per heavy atom. The number of hydrogen-bond donors (Lipinski definition) is 1. The van der Waals surface area contributed by atoms with E-state index in [0.29, 0.717) is 18.5 Å². The molecule has 0 aliphatic carbocycles. The number of carbonyl (C=O) groups is 1. The fraction of sp³-hybridized carbons (Fsp3) is 0.333. The van der Waals surface area contributed by atoms with Gasteiger partial charge in [0.15, 0.2) is 0 Å². The van der Waals surface area contributed by atoms with Crippen LogP contribution in [0.2, 0.25) is 0 Å². The van der Waals surface area contributed by atoms with Crippen molar-refractivity contribution in [3.63, 3.8) is 0 Å². The zero-order chi connectivity index (χ0) is 9.68. The molecule has 0 fully saturated rings. The molecule has 1 rings (SSSR count). The first-order valence-electron chi connectivity index (χ1n) is 4.01. The second-order valence-corrected chi connectivity index (χ2v) is 2.68. The van der Waals surface area contributed by atoms with Gasteiger partial charge >= 0.3 is 5.97 Å². The third-order valence-electron chi connectivity index (χ3n) is 1.64. The molecule has 0 unspecified atom stereocenters. The van der Waals surface area contributed by atoms with E-state index in [-0.39, 0.29) is 12.2 Å². The number of aliphatic carboxylic acids is 1. The van der Waals surface area contributed by atoms with E-state index in [1.54, 1.807) is 0 Å². The van der Waals surface area contributed by atoms with Crippen LogP contribution in [0.15, 0.2) is 18.3 Å². The summed E-state index contributed by atoms with van der Waals surface area (Å²) < 4.78 is 12.9. The predicted octanol–water partition coefficient (Wildman–Crippen LogP) is 1.63. The summed E-state index contributed by atoms with van der Waals surface area (Å²) in [5, 5.41) is 8.35. The van der Waals surface area contributed by atoms with Gasteiger partial charge in [0.2, 0.25) is 0 Å². The normalized spacial score (nSPS) is 9.92. The molecule has 0 atom stereocenters. The number of rotatable bonds is 4. The molecule has 0 aromatic carbocycles. The Bertz CT molecular complexity index is 301. The van der Waals surface area contributed by atoms with Gasteiger partial charge < -0.3 is 5.11 Å². The molecule has 1 aromatic heterocycles. The molecule has 3 nitrogen and oxygen atoms in total. The minimum Gasteiger partial charge on any atom is -0.481 e. The number of aryl methyl sites for hydroxylation is 1. The molecule has 1 heterocycles. The number of carboxylic acid groups (broad SMARTS) is 1. The monoisotopic (exact) mass is 183 g/mol. The molecule has 0 aliphatic rings. The minimum absolute atomic E-state index is 0.0516. The first kappa shape index (κ1) is 9.64. The average molecular weight is 183 g/mol. The molecule has 0 radical (unpaired) electrons. The van der Waals surface area contributed by atoms with E-state index in [1.807, 2.05) is 0 Å². The van der Waals surface area contributed by atoms with Crippen LogP contribution in [-0.4, -0.2) is 16.1 Å². The van der Waals surface area contributed by atoms with Gasteiger partial charge in [0.05, 0.1) is 5.69 Å². The maximum atomic E-state index is 12.9. The van der Waals surface area contributed by atoms with E-state index in [1.165, 1.54) is 18.3 Å². The first-order valence-corrected chi connectivity index (χ1v) is 4.01. The Morgan fingerprint density at radius 2 is 2.38 bits per heavy atom. The highest BCUT2D eigenvalue weighted by atomic mass is 19.1. The molecular weight excluding hydrogens is 173 g/mol. The lowest BCUT2D eigenvalue weighted by atomic mass is 10.2. The number of nitrogens with zero attached hydrogens (tertiary/aromatic N) is 1. The fourth-order valence-electron chi connectivity index (χ4n) is 1.01. The molecule has 1 aromatic rings. The van der Waals surface area contributed by atoms with Crippen LogP contribution in [0.3, 0.4) is 0 Å². The first-order chi connectivity index (χ1) is 6.20. The van der Waals surface area contributed by atoms with Crippen LogP contribution in [0.25, 0.3) is 0 Å². The highest BCUT2D eigenvalue weighted by Crippen LogP contribution is 2.06. The summed E-state index contributed by atoms with van der Waals surface area (Å²) in [5.41, 5.74) is 0.337. The van der Waals surface area contributed by atoms with Crippen molar-refractivity contribution in [1.82, 2.24) is 4.98 Å². The van der Waals surface area contributed by atoms with Gasteiger partial charge in [0.1, 0.15) is 5.82 Å². The Morgan fingerprint density at radius 1 is 1.62 bits per heavy atom. The summed E-state index contributed by atoms with van der Waals surface area (Å²) in [5.74, 6) is -1.23. The summed E-state index contributed by atoms with van der Waals surface area (Å²) in [4.78, 5) is 14.0. The number of carboxylic acids is 1. The molecule has 0 aliphatic heterocycles. The van der Waals surface area contributed by atoms with Gasteiger partial charge in [0.25, 0.3) is 0 Å². The van der Waals surface area contributed by atoms with Crippen LogP contribution >= 0.6 is 0 Å². The highest BCUT2D eigenvalue weighted by molar-refractivity contribution is 5.66. The van der Waals surface area contributed by atoms with Crippen LogP contribution in [-0.2, 0) is 11.2 Å². The van der Waals surface area contributed by atoms with Gasteiger partial charge in [-0.05, 0) is 25.0 Å². The molecule has 0 amide bonds. The van der Waals surface area contributed by atoms with Crippen LogP contribution in [0.1, 0.15) is 18.5 Å². The highest BCUT2D eigenvalue weighted by Gasteiger charge is 2.03. The maximum Gasteiger partial charge on any atom is 0.303 e. The van der Waals surface area contributed by atoms with Crippen LogP contribution in [0.5, 0.6) is 0 Å². The van der Waals surface area contributed by atoms with E-state index < -0.39 is 5.97 Å². The molecular formula is C9H10FNO2. The number of aromatic nitrogens is 1. The third kappa shape index (κ3) is 3.19. The molecule has 1 N–H and O–H groups in total. The topological polar surface area (TPSA) is 50.2 Å². The number of hydrogen-bond acceptors (Lipinski definition) is 2. The van der Waals surface area contributed by atoms with Crippen molar-refractivity contribution in [3.05, 3.63) is 29.8 Å². The van der Waals surface area contributed by atoms with Gasteiger partial charge in [-0.2, -0.15) is 0 Å². The lowest BCUT2D eigenvalue weighted by Crippen LogP contribution is -1.99. The molecule has 13 heavy (non-hydrogen) atoms. The lowest BCUT2D eigenvalue weighted by Gasteiger charge is -1.99. The average Bonchev–Trinajstić information content (AvgIpc) is 2.08. The van der Waals surface area contributed by atoms with E-state index >= 15 is 0 Å². The van der Waals surface area contributed by atoms with Crippen molar-refractivity contribution in [2.75, 3.05) is 0 Å². The Labute approximate surface area is 75.2 Å². The second-order valence-electron chi connectivity index (χ2n) is 2.68. The summed E-state index contributed by atoms with van der Waals surface area (Å²) in [6.45, 7) is 0. The minimum atomic E-state index is -0.865. The molecule has 70 valence electrons. The third-order valence-corrected chi connectivity index (χ3v) is 1.64. The fourth-order valence-corrected chi connectivity index (χ4v) is 1.01. The van der Waals surface area contributed by atoms with Crippen LogP contribution in [0, 0.1) is 5.82 Å². The van der Waals surface area contributed by atoms with Gasteiger partial charge in [-0.15, -0.1) is 0 Å². The molecule has 0 bridgehead atoms. The van der Waals surface area contributed by atoms with Crippen molar-refractivity contribution in [2.45, 2.75) is 19.3 Å². The molecule has 0 saturated carbocycles. The van der Waals surface area contributed by atoms with Crippen LogP contribution < -0.4 is 0 Å².